The zero-order valence-corrected chi connectivity index (χ0v) is 7.83. The number of nitrogens with one attached hydrogen (secondary N) is 1. The first-order valence-electron chi connectivity index (χ1n) is 4.01. The zero-order chi connectivity index (χ0) is 11.5. The van der Waals surface area contributed by atoms with Crippen LogP contribution in [-0.2, 0) is 9.59 Å². The first-order valence-corrected chi connectivity index (χ1v) is 4.01. The Morgan fingerprint density at radius 1 is 0.867 bits per heavy atom. The van der Waals surface area contributed by atoms with E-state index in [9.17, 15) is 9.59 Å². The largest absolute Gasteiger partial charge is 0.478 e. The molecule has 0 spiro atoms. The first-order chi connectivity index (χ1) is 7.13. The highest BCUT2D eigenvalue weighted by atomic mass is 16.4. The molecule has 15 heavy (non-hydrogen) atoms. The molecule has 0 amide bonds. The molecule has 1 heterocycles. The van der Waals surface area contributed by atoms with Gasteiger partial charge in [-0.3, -0.25) is 0 Å². The third kappa shape index (κ3) is 11.7. The van der Waals surface area contributed by atoms with E-state index in [0.29, 0.717) is 12.2 Å². The lowest BCUT2D eigenvalue weighted by Crippen LogP contribution is -1.91. The van der Waals surface area contributed by atoms with E-state index in [-0.39, 0.29) is 0 Å². The summed E-state index contributed by atoms with van der Waals surface area (Å²) < 4.78 is 0. The molecule has 3 N–H and O–H groups in total. The second kappa shape index (κ2) is 8.31. The Hall–Kier alpha value is -2.30. The lowest BCUT2D eigenvalue weighted by atomic mass is 10.5. The number of rotatable bonds is 2. The van der Waals surface area contributed by atoms with Crippen molar-refractivity contribution in [3.63, 3.8) is 0 Å². The highest BCUT2D eigenvalue weighted by Gasteiger charge is 1.88. The third-order valence-electron chi connectivity index (χ3n) is 1.09. The molecule has 0 fully saturated rings. The van der Waals surface area contributed by atoms with Crippen LogP contribution in [0.25, 0.3) is 0 Å². The second-order valence-corrected chi connectivity index (χ2v) is 2.28. The molecule has 0 aromatic rings. The van der Waals surface area contributed by atoms with Gasteiger partial charge in [0.25, 0.3) is 0 Å². The van der Waals surface area contributed by atoms with Gasteiger partial charge < -0.3 is 15.5 Å². The van der Waals surface area contributed by atoms with Gasteiger partial charge in [-0.25, -0.2) is 9.59 Å². The van der Waals surface area contributed by atoms with Crippen molar-refractivity contribution in [1.29, 1.82) is 0 Å². The highest BCUT2D eigenvalue weighted by Crippen LogP contribution is 1.81. The SMILES string of the molecule is C1=CC=CNC=C1.O=C(O)/C=C\C(=O)O. The van der Waals surface area contributed by atoms with Crippen LogP contribution in [0.3, 0.4) is 0 Å². The summed E-state index contributed by atoms with van der Waals surface area (Å²) in [6.45, 7) is 0. The van der Waals surface area contributed by atoms with Gasteiger partial charge in [0.05, 0.1) is 0 Å². The maximum atomic E-state index is 9.55. The average Bonchev–Trinajstić information content (AvgIpc) is 2.47. The van der Waals surface area contributed by atoms with Crippen LogP contribution in [0.5, 0.6) is 0 Å². The average molecular weight is 209 g/mol. The van der Waals surface area contributed by atoms with Crippen molar-refractivity contribution in [2.24, 2.45) is 0 Å². The topological polar surface area (TPSA) is 86.6 Å². The Morgan fingerprint density at radius 2 is 1.27 bits per heavy atom. The summed E-state index contributed by atoms with van der Waals surface area (Å²) in [5.74, 6) is -2.51. The Bertz CT molecular complexity index is 296. The van der Waals surface area contributed by atoms with Gasteiger partial charge in [-0.05, 0) is 12.2 Å². The van der Waals surface area contributed by atoms with Gasteiger partial charge in [-0.2, -0.15) is 0 Å². The van der Waals surface area contributed by atoms with Gasteiger partial charge in [0, 0.05) is 24.6 Å². The standard InChI is InChI=1S/C6H7N.C4H4O4/c1-2-4-6-7-5-3-1;5-3(6)1-2-4(7)8/h1-7H;1-2H,(H,5,6)(H,7,8)/b;2-1-. The fraction of sp³-hybridized carbons (Fsp3) is 0. The van der Waals surface area contributed by atoms with Gasteiger partial charge in [-0.15, -0.1) is 0 Å². The minimum atomic E-state index is -1.26. The maximum absolute atomic E-state index is 9.55. The monoisotopic (exact) mass is 209 g/mol. The van der Waals surface area contributed by atoms with E-state index in [1.807, 2.05) is 36.7 Å². The summed E-state index contributed by atoms with van der Waals surface area (Å²) >= 11 is 0. The number of hydrogen-bond acceptors (Lipinski definition) is 3. The number of allylic oxidation sites excluding steroid dienone is 4. The lowest BCUT2D eigenvalue weighted by Gasteiger charge is -1.79. The van der Waals surface area contributed by atoms with E-state index in [0.717, 1.165) is 0 Å². The summed E-state index contributed by atoms with van der Waals surface area (Å²) in [6.07, 6.45) is 12.7. The number of hydrogen-bond donors (Lipinski definition) is 3. The molecule has 0 bridgehead atoms. The normalized spacial score (nSPS) is 12.5. The van der Waals surface area contributed by atoms with Crippen LogP contribution < -0.4 is 5.32 Å². The molecule has 0 aliphatic carbocycles. The predicted molar refractivity (Wildman–Crippen MR) is 55.0 cm³/mol. The van der Waals surface area contributed by atoms with Crippen LogP contribution in [0.15, 0.2) is 48.9 Å². The quantitative estimate of drug-likeness (QED) is 0.588. The Morgan fingerprint density at radius 3 is 1.60 bits per heavy atom. The van der Waals surface area contributed by atoms with E-state index in [2.05, 4.69) is 5.32 Å². The Kier molecular flexibility index (Phi) is 7.03. The third-order valence-corrected chi connectivity index (χ3v) is 1.09. The van der Waals surface area contributed by atoms with Crippen molar-refractivity contribution in [2.75, 3.05) is 0 Å². The number of carbonyl (C=O) groups is 2. The van der Waals surface area contributed by atoms with Crippen LogP contribution >= 0.6 is 0 Å². The molecule has 0 aromatic heterocycles. The Balaban J connectivity index is 0.000000262. The van der Waals surface area contributed by atoms with Crippen molar-refractivity contribution in [2.45, 2.75) is 0 Å². The molecule has 5 heteroatoms. The van der Waals surface area contributed by atoms with E-state index in [1.54, 1.807) is 0 Å². The molecule has 0 saturated carbocycles. The molecule has 0 atom stereocenters. The fourth-order valence-electron chi connectivity index (χ4n) is 0.549. The van der Waals surface area contributed by atoms with Gasteiger partial charge >= 0.3 is 11.9 Å². The van der Waals surface area contributed by atoms with Crippen molar-refractivity contribution < 1.29 is 19.8 Å². The van der Waals surface area contributed by atoms with E-state index in [4.69, 9.17) is 10.2 Å². The number of aliphatic carboxylic acids is 2. The molecule has 1 aliphatic heterocycles. The summed E-state index contributed by atoms with van der Waals surface area (Å²) in [5.41, 5.74) is 0. The molecule has 80 valence electrons. The van der Waals surface area contributed by atoms with Crippen LogP contribution in [0, 0.1) is 0 Å². The highest BCUT2D eigenvalue weighted by molar-refractivity contribution is 5.89. The smallest absolute Gasteiger partial charge is 0.328 e. The molecule has 0 saturated heterocycles. The second-order valence-electron chi connectivity index (χ2n) is 2.28. The number of carboxylic acids is 2. The van der Waals surface area contributed by atoms with Crippen molar-refractivity contribution in [1.82, 2.24) is 5.32 Å². The van der Waals surface area contributed by atoms with Gasteiger partial charge in [0.15, 0.2) is 0 Å². The van der Waals surface area contributed by atoms with Crippen LogP contribution in [0.1, 0.15) is 0 Å². The van der Waals surface area contributed by atoms with Gasteiger partial charge in [0.1, 0.15) is 0 Å². The molecular weight excluding hydrogens is 198 g/mol. The summed E-state index contributed by atoms with van der Waals surface area (Å²) in [4.78, 5) is 19.1. The lowest BCUT2D eigenvalue weighted by molar-refractivity contribution is -0.134. The molecule has 0 unspecified atom stereocenters. The van der Waals surface area contributed by atoms with Gasteiger partial charge in [0.2, 0.25) is 0 Å². The predicted octanol–water partition coefficient (Wildman–Crippen LogP) is 0.885. The fourth-order valence-corrected chi connectivity index (χ4v) is 0.549. The summed E-state index contributed by atoms with van der Waals surface area (Å²) in [6, 6.07) is 0. The molecule has 0 radical (unpaired) electrons. The molecule has 0 aromatic carbocycles. The van der Waals surface area contributed by atoms with Crippen LogP contribution in [0.2, 0.25) is 0 Å². The van der Waals surface area contributed by atoms with E-state index in [1.165, 1.54) is 0 Å². The van der Waals surface area contributed by atoms with Crippen molar-refractivity contribution >= 4 is 11.9 Å². The van der Waals surface area contributed by atoms with Gasteiger partial charge in [-0.1, -0.05) is 12.2 Å². The Labute approximate surface area is 86.7 Å². The van der Waals surface area contributed by atoms with Crippen LogP contribution in [0.4, 0.5) is 0 Å². The minimum Gasteiger partial charge on any atom is -0.478 e. The zero-order valence-electron chi connectivity index (χ0n) is 7.83. The molecule has 1 aliphatic rings. The molecule has 5 nitrogen and oxygen atoms in total. The van der Waals surface area contributed by atoms with E-state index >= 15 is 0 Å². The first kappa shape index (κ1) is 12.7. The summed E-state index contributed by atoms with van der Waals surface area (Å²) in [7, 11) is 0. The summed E-state index contributed by atoms with van der Waals surface area (Å²) in [5, 5.41) is 18.5. The number of carboxylic acid groups (broad SMARTS) is 2. The molecule has 1 rings (SSSR count). The van der Waals surface area contributed by atoms with E-state index < -0.39 is 11.9 Å². The maximum Gasteiger partial charge on any atom is 0.328 e. The molecular formula is C10H11NO4. The van der Waals surface area contributed by atoms with Crippen molar-refractivity contribution in [3.05, 3.63) is 48.9 Å². The van der Waals surface area contributed by atoms with Crippen LogP contribution in [-0.4, -0.2) is 22.2 Å². The van der Waals surface area contributed by atoms with Crippen molar-refractivity contribution in [3.8, 4) is 0 Å². The minimum absolute atomic E-state index is 0.558.